The average Bonchev–Trinajstić information content (AvgIpc) is 2.53. The molecule has 0 fully saturated rings. The molecule has 0 atom stereocenters. The number of aryl methyl sites for hydroxylation is 1. The van der Waals surface area contributed by atoms with Crippen LogP contribution in [0, 0.1) is 6.92 Å². The summed E-state index contributed by atoms with van der Waals surface area (Å²) in [7, 11) is -3.68. The Hall–Kier alpha value is -1.19. The van der Waals surface area contributed by atoms with Crippen LogP contribution in [0.4, 0.5) is 0 Å². The highest BCUT2D eigenvalue weighted by atomic mass is 32.2. The third-order valence-electron chi connectivity index (χ3n) is 1.92. The molecule has 9 heteroatoms. The summed E-state index contributed by atoms with van der Waals surface area (Å²) in [5.74, 6) is -0.480. The molecule has 96 valence electrons. The van der Waals surface area contributed by atoms with Gasteiger partial charge >= 0.3 is 4.87 Å². The summed E-state index contributed by atoms with van der Waals surface area (Å²) in [5, 5.41) is 0. The van der Waals surface area contributed by atoms with Crippen molar-refractivity contribution in [2.24, 2.45) is 5.73 Å². The zero-order chi connectivity index (χ0) is 13.1. The van der Waals surface area contributed by atoms with Gasteiger partial charge in [-0.1, -0.05) is 11.3 Å². The molecule has 1 heterocycles. The number of sulfonamides is 1. The number of thiazole rings is 1. The number of rotatable bonds is 6. The summed E-state index contributed by atoms with van der Waals surface area (Å²) in [6.07, 6.45) is 0.442. The minimum Gasteiger partial charge on any atom is -0.370 e. The van der Waals surface area contributed by atoms with Crippen molar-refractivity contribution in [2.75, 3.05) is 6.54 Å². The number of hydrogen-bond acceptors (Lipinski definition) is 5. The second kappa shape index (κ2) is 5.43. The molecule has 4 N–H and O–H groups in total. The standard InChI is InChI=1S/C8H13N3O4S2/c1-5-7(16-8(13)11-5)17(14,15)10-4-2-3-6(9)12/h10H,2-4H2,1H3,(H2,9,12)(H,11,13). The summed E-state index contributed by atoms with van der Waals surface area (Å²) >= 11 is 0.632. The zero-order valence-electron chi connectivity index (χ0n) is 9.15. The van der Waals surface area contributed by atoms with E-state index in [0.29, 0.717) is 23.5 Å². The number of primary amides is 1. The molecular weight excluding hydrogens is 266 g/mol. The van der Waals surface area contributed by atoms with E-state index < -0.39 is 20.8 Å². The van der Waals surface area contributed by atoms with Crippen LogP contribution >= 0.6 is 11.3 Å². The summed E-state index contributed by atoms with van der Waals surface area (Å²) < 4.78 is 25.7. The van der Waals surface area contributed by atoms with Crippen LogP contribution < -0.4 is 15.3 Å². The van der Waals surface area contributed by atoms with Crippen LogP contribution in [-0.4, -0.2) is 25.9 Å². The number of aromatic nitrogens is 1. The fourth-order valence-electron chi connectivity index (χ4n) is 1.18. The van der Waals surface area contributed by atoms with Crippen LogP contribution in [0.15, 0.2) is 9.00 Å². The van der Waals surface area contributed by atoms with Gasteiger partial charge in [0, 0.05) is 18.7 Å². The minimum absolute atomic E-state index is 0.0263. The van der Waals surface area contributed by atoms with Crippen molar-refractivity contribution in [1.29, 1.82) is 0 Å². The first-order chi connectivity index (χ1) is 7.83. The van der Waals surface area contributed by atoms with Crippen molar-refractivity contribution >= 4 is 27.3 Å². The lowest BCUT2D eigenvalue weighted by Crippen LogP contribution is -2.25. The summed E-state index contributed by atoms with van der Waals surface area (Å²) in [6, 6.07) is 0. The maximum Gasteiger partial charge on any atom is 0.305 e. The number of hydrogen-bond donors (Lipinski definition) is 3. The average molecular weight is 279 g/mol. The topological polar surface area (TPSA) is 122 Å². The zero-order valence-corrected chi connectivity index (χ0v) is 10.8. The Balaban J connectivity index is 2.67. The number of amides is 1. The van der Waals surface area contributed by atoms with Crippen LogP contribution in [0.25, 0.3) is 0 Å². The maximum atomic E-state index is 11.7. The van der Waals surface area contributed by atoms with Gasteiger partial charge in [0.1, 0.15) is 0 Å². The van der Waals surface area contributed by atoms with Gasteiger partial charge in [0.15, 0.2) is 4.21 Å². The normalized spacial score (nSPS) is 11.6. The van der Waals surface area contributed by atoms with E-state index in [-0.39, 0.29) is 17.2 Å². The lowest BCUT2D eigenvalue weighted by atomic mass is 10.3. The highest BCUT2D eigenvalue weighted by Crippen LogP contribution is 2.15. The Labute approximate surface area is 102 Å². The first-order valence-electron chi connectivity index (χ1n) is 4.80. The lowest BCUT2D eigenvalue weighted by molar-refractivity contribution is -0.118. The summed E-state index contributed by atoms with van der Waals surface area (Å²) in [5.41, 5.74) is 5.23. The van der Waals surface area contributed by atoms with Crippen LogP contribution in [0.1, 0.15) is 18.5 Å². The Bertz CT molecular complexity index is 558. The highest BCUT2D eigenvalue weighted by Gasteiger charge is 2.19. The molecule has 0 aromatic carbocycles. The third-order valence-corrected chi connectivity index (χ3v) is 4.98. The third kappa shape index (κ3) is 3.95. The molecule has 0 aliphatic rings. The Morgan fingerprint density at radius 2 is 2.18 bits per heavy atom. The van der Waals surface area contributed by atoms with E-state index >= 15 is 0 Å². The van der Waals surface area contributed by atoms with Crippen molar-refractivity contribution in [3.63, 3.8) is 0 Å². The van der Waals surface area contributed by atoms with Gasteiger partial charge in [-0.2, -0.15) is 0 Å². The van der Waals surface area contributed by atoms with Gasteiger partial charge in [-0.25, -0.2) is 13.1 Å². The molecule has 1 amide bonds. The van der Waals surface area contributed by atoms with Crippen molar-refractivity contribution in [2.45, 2.75) is 24.0 Å². The van der Waals surface area contributed by atoms with Crippen LogP contribution in [-0.2, 0) is 14.8 Å². The number of aromatic amines is 1. The first-order valence-corrected chi connectivity index (χ1v) is 7.10. The molecular formula is C8H13N3O4S2. The van der Waals surface area contributed by atoms with E-state index in [2.05, 4.69) is 9.71 Å². The van der Waals surface area contributed by atoms with Crippen molar-refractivity contribution < 1.29 is 13.2 Å². The molecule has 0 aliphatic heterocycles. The molecule has 1 rings (SSSR count). The van der Waals surface area contributed by atoms with Crippen molar-refractivity contribution in [3.05, 3.63) is 15.4 Å². The number of nitrogens with one attached hydrogen (secondary N) is 2. The molecule has 0 bridgehead atoms. The smallest absolute Gasteiger partial charge is 0.305 e. The second-order valence-corrected chi connectivity index (χ2v) is 6.34. The van der Waals surface area contributed by atoms with E-state index in [1.54, 1.807) is 0 Å². The number of nitrogens with two attached hydrogens (primary N) is 1. The quantitative estimate of drug-likeness (QED) is 0.595. The first kappa shape index (κ1) is 13.9. The van der Waals surface area contributed by atoms with Gasteiger partial charge in [-0.15, -0.1) is 0 Å². The molecule has 17 heavy (non-hydrogen) atoms. The molecule has 1 aromatic rings. The van der Waals surface area contributed by atoms with E-state index in [1.165, 1.54) is 6.92 Å². The number of H-pyrrole nitrogens is 1. The minimum atomic E-state index is -3.68. The van der Waals surface area contributed by atoms with Gasteiger partial charge in [0.2, 0.25) is 5.91 Å². The highest BCUT2D eigenvalue weighted by molar-refractivity contribution is 7.91. The van der Waals surface area contributed by atoms with E-state index in [4.69, 9.17) is 5.73 Å². The Morgan fingerprint density at radius 1 is 1.53 bits per heavy atom. The van der Waals surface area contributed by atoms with E-state index in [9.17, 15) is 18.0 Å². The summed E-state index contributed by atoms with van der Waals surface area (Å²) in [6.45, 7) is 1.62. The van der Waals surface area contributed by atoms with Crippen LogP contribution in [0.5, 0.6) is 0 Å². The maximum absolute atomic E-state index is 11.7. The predicted octanol–water partition coefficient (Wildman–Crippen LogP) is -0.711. The molecule has 7 nitrogen and oxygen atoms in total. The summed E-state index contributed by atoms with van der Waals surface area (Å²) in [4.78, 5) is 23.4. The monoisotopic (exact) mass is 279 g/mol. The largest absolute Gasteiger partial charge is 0.370 e. The van der Waals surface area contributed by atoms with E-state index in [0.717, 1.165) is 0 Å². The Kier molecular flexibility index (Phi) is 4.43. The molecule has 0 aliphatic carbocycles. The van der Waals surface area contributed by atoms with Gasteiger partial charge in [0.25, 0.3) is 10.0 Å². The molecule has 0 saturated heterocycles. The van der Waals surface area contributed by atoms with Gasteiger partial charge < -0.3 is 10.7 Å². The molecule has 0 unspecified atom stereocenters. The number of carbonyl (C=O) groups is 1. The molecule has 0 radical (unpaired) electrons. The van der Waals surface area contributed by atoms with Crippen LogP contribution in [0.3, 0.4) is 0 Å². The Morgan fingerprint density at radius 3 is 2.65 bits per heavy atom. The van der Waals surface area contributed by atoms with Gasteiger partial charge in [-0.3, -0.25) is 9.59 Å². The van der Waals surface area contributed by atoms with E-state index in [1.807, 2.05) is 0 Å². The predicted molar refractivity (Wildman–Crippen MR) is 63.3 cm³/mol. The lowest BCUT2D eigenvalue weighted by Gasteiger charge is -2.04. The van der Waals surface area contributed by atoms with Crippen molar-refractivity contribution in [3.8, 4) is 0 Å². The number of carbonyl (C=O) groups excluding carboxylic acids is 1. The second-order valence-electron chi connectivity index (χ2n) is 3.39. The van der Waals surface area contributed by atoms with Crippen molar-refractivity contribution in [1.82, 2.24) is 9.71 Å². The molecule has 0 saturated carbocycles. The van der Waals surface area contributed by atoms with Gasteiger partial charge in [-0.05, 0) is 13.3 Å². The van der Waals surface area contributed by atoms with Gasteiger partial charge in [0.05, 0.1) is 0 Å². The molecule has 0 spiro atoms. The van der Waals surface area contributed by atoms with Crippen LogP contribution in [0.2, 0.25) is 0 Å². The fourth-order valence-corrected chi connectivity index (χ4v) is 3.60. The SMILES string of the molecule is Cc1[nH]c(=O)sc1S(=O)(=O)NCCCC(N)=O. The fraction of sp³-hybridized carbons (Fsp3) is 0.500. The molecule has 1 aromatic heterocycles.